The highest BCUT2D eigenvalue weighted by atomic mass is 32.1. The van der Waals surface area contributed by atoms with Crippen molar-refractivity contribution in [2.75, 3.05) is 6.61 Å². The minimum atomic E-state index is -0.579. The van der Waals surface area contributed by atoms with Crippen molar-refractivity contribution in [1.29, 1.82) is 0 Å². The molecule has 66 valence electrons. The summed E-state index contributed by atoms with van der Waals surface area (Å²) < 4.78 is 0. The van der Waals surface area contributed by atoms with Crippen LogP contribution in [0.2, 0.25) is 0 Å². The summed E-state index contributed by atoms with van der Waals surface area (Å²) >= 11 is 4.98. The maximum atomic E-state index is 9.45. The Hall–Kier alpha value is -0.510. The Kier molecular flexibility index (Phi) is 3.59. The zero-order chi connectivity index (χ0) is 8.97. The van der Waals surface area contributed by atoms with Crippen LogP contribution in [0.4, 0.5) is 0 Å². The highest BCUT2D eigenvalue weighted by Gasteiger charge is 2.10. The monoisotopic (exact) mass is 184 g/mol. The van der Waals surface area contributed by atoms with Crippen molar-refractivity contribution < 1.29 is 10.2 Å². The van der Waals surface area contributed by atoms with Gasteiger partial charge >= 0.3 is 0 Å². The van der Waals surface area contributed by atoms with E-state index in [0.717, 1.165) is 16.9 Å². The van der Waals surface area contributed by atoms with Gasteiger partial charge in [0.1, 0.15) is 0 Å². The summed E-state index contributed by atoms with van der Waals surface area (Å²) in [6.45, 7) is -0.000884. The molecule has 1 atom stereocenters. The largest absolute Gasteiger partial charge is 0.396 e. The lowest BCUT2D eigenvalue weighted by Crippen LogP contribution is -2.13. The number of aliphatic hydroxyl groups is 2. The van der Waals surface area contributed by atoms with E-state index in [0.29, 0.717) is 6.42 Å². The average Bonchev–Trinajstić information content (AvgIpc) is 2.05. The molecule has 0 aromatic carbocycles. The second-order valence-electron chi connectivity index (χ2n) is 2.75. The van der Waals surface area contributed by atoms with Crippen LogP contribution in [0.3, 0.4) is 0 Å². The first-order chi connectivity index (χ1) is 5.74. The number of aliphatic hydroxyl groups excluding tert-OH is 2. The van der Waals surface area contributed by atoms with Gasteiger partial charge in [-0.2, -0.15) is 0 Å². The molecular formula is C9H12O2S. The van der Waals surface area contributed by atoms with E-state index >= 15 is 0 Å². The van der Waals surface area contributed by atoms with E-state index in [9.17, 15) is 5.11 Å². The normalized spacial score (nSPS) is 19.2. The van der Waals surface area contributed by atoms with E-state index < -0.39 is 6.10 Å². The van der Waals surface area contributed by atoms with Crippen LogP contribution < -0.4 is 0 Å². The van der Waals surface area contributed by atoms with Gasteiger partial charge in [-0.25, -0.2) is 0 Å². The first-order valence-corrected chi connectivity index (χ1v) is 4.34. The molecule has 0 spiro atoms. The Morgan fingerprint density at radius 3 is 2.92 bits per heavy atom. The summed E-state index contributed by atoms with van der Waals surface area (Å²) in [5, 5.41) is 18.0. The number of hydrogen-bond acceptors (Lipinski definition) is 3. The van der Waals surface area contributed by atoms with Crippen LogP contribution in [0.25, 0.3) is 0 Å². The second kappa shape index (κ2) is 4.50. The molecule has 0 aromatic heterocycles. The molecule has 1 aliphatic carbocycles. The van der Waals surface area contributed by atoms with Crippen LogP contribution in [0, 0.1) is 0 Å². The molecule has 0 heterocycles. The van der Waals surface area contributed by atoms with Crippen molar-refractivity contribution in [3.63, 3.8) is 0 Å². The summed E-state index contributed by atoms with van der Waals surface area (Å²) in [5.74, 6) is 0. The van der Waals surface area contributed by atoms with Crippen LogP contribution in [0.15, 0.2) is 23.8 Å². The van der Waals surface area contributed by atoms with E-state index in [4.69, 9.17) is 17.3 Å². The molecule has 0 aromatic rings. The summed E-state index contributed by atoms with van der Waals surface area (Å²) in [7, 11) is 0. The first-order valence-electron chi connectivity index (χ1n) is 3.94. The van der Waals surface area contributed by atoms with Crippen LogP contribution in [-0.2, 0) is 0 Å². The van der Waals surface area contributed by atoms with Crippen LogP contribution in [0.1, 0.15) is 12.8 Å². The summed E-state index contributed by atoms with van der Waals surface area (Å²) in [5.41, 5.74) is 0.806. The molecule has 0 amide bonds. The topological polar surface area (TPSA) is 40.5 Å². The molecule has 0 fully saturated rings. The first kappa shape index (κ1) is 9.58. The maximum Gasteiger partial charge on any atom is 0.0812 e. The quantitative estimate of drug-likeness (QED) is 0.642. The predicted molar refractivity (Wildman–Crippen MR) is 52.1 cm³/mol. The van der Waals surface area contributed by atoms with E-state index in [1.54, 1.807) is 6.08 Å². The second-order valence-corrected chi connectivity index (χ2v) is 3.27. The molecular weight excluding hydrogens is 172 g/mol. The molecule has 0 saturated carbocycles. The van der Waals surface area contributed by atoms with Crippen molar-refractivity contribution in [2.24, 2.45) is 0 Å². The van der Waals surface area contributed by atoms with Gasteiger partial charge in [-0.3, -0.25) is 0 Å². The SMILES string of the molecule is OCCC(O)C1=CC(=S)CC=C1. The molecule has 0 bridgehead atoms. The third-order valence-corrected chi connectivity index (χ3v) is 2.03. The molecule has 1 aliphatic rings. The molecule has 2 nitrogen and oxygen atoms in total. The summed E-state index contributed by atoms with van der Waals surface area (Å²) in [6, 6.07) is 0. The minimum absolute atomic E-state index is 0.000884. The van der Waals surface area contributed by atoms with E-state index in [1.165, 1.54) is 0 Å². The molecule has 1 unspecified atom stereocenters. The van der Waals surface area contributed by atoms with Crippen molar-refractivity contribution in [1.82, 2.24) is 0 Å². The number of rotatable bonds is 3. The van der Waals surface area contributed by atoms with Gasteiger partial charge in [0.25, 0.3) is 0 Å². The predicted octanol–water partition coefficient (Wildman–Crippen LogP) is 0.986. The lowest BCUT2D eigenvalue weighted by atomic mass is 10.0. The van der Waals surface area contributed by atoms with Crippen molar-refractivity contribution in [3.8, 4) is 0 Å². The third kappa shape index (κ3) is 2.52. The van der Waals surface area contributed by atoms with Gasteiger partial charge in [0, 0.05) is 24.3 Å². The number of allylic oxidation sites excluding steroid dienone is 2. The van der Waals surface area contributed by atoms with Crippen molar-refractivity contribution in [2.45, 2.75) is 18.9 Å². The van der Waals surface area contributed by atoms with Crippen LogP contribution in [-0.4, -0.2) is 27.8 Å². The van der Waals surface area contributed by atoms with Crippen LogP contribution >= 0.6 is 12.2 Å². The molecule has 1 rings (SSSR count). The minimum Gasteiger partial charge on any atom is -0.396 e. The van der Waals surface area contributed by atoms with Crippen LogP contribution in [0.5, 0.6) is 0 Å². The third-order valence-electron chi connectivity index (χ3n) is 1.74. The fraction of sp³-hybridized carbons (Fsp3) is 0.444. The van der Waals surface area contributed by atoms with Gasteiger partial charge in [-0.1, -0.05) is 24.4 Å². The molecule has 0 radical (unpaired) electrons. The standard InChI is InChI=1S/C9H12O2S/c10-5-4-9(11)7-2-1-3-8(12)6-7/h1-2,6,9-11H,3-5H2. The summed E-state index contributed by atoms with van der Waals surface area (Å²) in [4.78, 5) is 0.837. The molecule has 0 saturated heterocycles. The smallest absolute Gasteiger partial charge is 0.0812 e. The van der Waals surface area contributed by atoms with Crippen molar-refractivity contribution in [3.05, 3.63) is 23.8 Å². The highest BCUT2D eigenvalue weighted by Crippen LogP contribution is 2.14. The average molecular weight is 184 g/mol. The number of thiocarbonyl (C=S) groups is 1. The Balaban J connectivity index is 2.61. The van der Waals surface area contributed by atoms with Gasteiger partial charge in [-0.05, 0) is 11.6 Å². The van der Waals surface area contributed by atoms with E-state index in [2.05, 4.69) is 0 Å². The van der Waals surface area contributed by atoms with Crippen molar-refractivity contribution >= 4 is 17.1 Å². The van der Waals surface area contributed by atoms with Gasteiger partial charge in [0.2, 0.25) is 0 Å². The Labute approximate surface area is 77.2 Å². The lowest BCUT2D eigenvalue weighted by Gasteiger charge is -2.13. The highest BCUT2D eigenvalue weighted by molar-refractivity contribution is 7.80. The van der Waals surface area contributed by atoms with Gasteiger partial charge < -0.3 is 10.2 Å². The lowest BCUT2D eigenvalue weighted by molar-refractivity contribution is 0.164. The molecule has 0 aliphatic heterocycles. The van der Waals surface area contributed by atoms with Gasteiger partial charge in [-0.15, -0.1) is 0 Å². The fourth-order valence-corrected chi connectivity index (χ4v) is 1.33. The maximum absolute atomic E-state index is 9.45. The van der Waals surface area contributed by atoms with Gasteiger partial charge in [0.15, 0.2) is 0 Å². The Morgan fingerprint density at radius 1 is 1.58 bits per heavy atom. The molecule has 2 N–H and O–H groups in total. The summed E-state index contributed by atoms with van der Waals surface area (Å²) in [6.07, 6.45) is 6.16. The fourth-order valence-electron chi connectivity index (χ4n) is 1.10. The van der Waals surface area contributed by atoms with E-state index in [-0.39, 0.29) is 6.61 Å². The van der Waals surface area contributed by atoms with E-state index in [1.807, 2.05) is 12.2 Å². The molecule has 3 heteroatoms. The zero-order valence-electron chi connectivity index (χ0n) is 6.73. The molecule has 12 heavy (non-hydrogen) atoms. The number of hydrogen-bond donors (Lipinski definition) is 2. The Morgan fingerprint density at radius 2 is 2.33 bits per heavy atom. The Bertz CT molecular complexity index is 231. The van der Waals surface area contributed by atoms with Gasteiger partial charge in [0.05, 0.1) is 6.10 Å². The zero-order valence-corrected chi connectivity index (χ0v) is 7.55.